The first-order valence-electron chi connectivity index (χ1n) is 45.1. The third kappa shape index (κ3) is 14.4. The Morgan fingerprint density at radius 3 is 0.914 bits per heavy atom. The number of rotatable bonds is 6. The van der Waals surface area contributed by atoms with Crippen molar-refractivity contribution in [2.24, 2.45) is 0 Å². The van der Waals surface area contributed by atoms with Gasteiger partial charge in [0.05, 0.1) is 5.41 Å². The molecule has 0 bridgehead atoms. The van der Waals surface area contributed by atoms with E-state index in [1.165, 1.54) is 252 Å². The zero-order valence-electron chi connectivity index (χ0n) is 74.4. The molecule has 0 spiro atoms. The summed E-state index contributed by atoms with van der Waals surface area (Å²) in [5.74, 6) is 0. The molecule has 2 aliphatic rings. The molecule has 0 heteroatoms. The van der Waals surface area contributed by atoms with Crippen molar-refractivity contribution in [1.29, 1.82) is 0 Å². The van der Waals surface area contributed by atoms with Gasteiger partial charge in [-0.05, 0) is 292 Å². The monoisotopic (exact) mass is 1640 g/mol. The highest BCUT2D eigenvalue weighted by atomic mass is 14.5. The van der Waals surface area contributed by atoms with Crippen molar-refractivity contribution in [2.75, 3.05) is 0 Å². The first kappa shape index (κ1) is 80.1. The summed E-state index contributed by atoms with van der Waals surface area (Å²) in [6.45, 7) is 22.1. The molecule has 0 aliphatic heterocycles. The van der Waals surface area contributed by atoms with Gasteiger partial charge in [-0.1, -0.05) is 453 Å². The molecule has 26 rings (SSSR count). The van der Waals surface area contributed by atoms with Crippen molar-refractivity contribution < 1.29 is 0 Å². The molecule has 128 heavy (non-hydrogen) atoms. The summed E-state index contributed by atoms with van der Waals surface area (Å²) >= 11 is 0. The van der Waals surface area contributed by atoms with Crippen molar-refractivity contribution in [1.82, 2.24) is 0 Å². The normalized spacial score (nSPS) is 12.6. The van der Waals surface area contributed by atoms with Gasteiger partial charge in [0, 0.05) is 5.41 Å². The number of hydrogen-bond donors (Lipinski definition) is 0. The van der Waals surface area contributed by atoms with E-state index in [1.54, 1.807) is 0 Å². The molecule has 0 aromatic heterocycles. The summed E-state index contributed by atoms with van der Waals surface area (Å²) in [5.41, 5.74) is 29.1. The third-order valence-electron chi connectivity index (χ3n) is 27.3. The van der Waals surface area contributed by atoms with E-state index < -0.39 is 0 Å². The topological polar surface area (TPSA) is 0 Å². The molecule has 0 saturated heterocycles. The van der Waals surface area contributed by atoms with E-state index in [0.717, 1.165) is 0 Å². The highest BCUT2D eigenvalue weighted by Gasteiger charge is 2.45. The van der Waals surface area contributed by atoms with E-state index in [1.807, 2.05) is 12.1 Å². The van der Waals surface area contributed by atoms with Crippen LogP contribution in [0.3, 0.4) is 0 Å². The smallest absolute Gasteiger partial charge is 0.0622 e. The first-order chi connectivity index (χ1) is 62.4. The molecule has 0 atom stereocenters. The summed E-state index contributed by atoms with van der Waals surface area (Å²) in [7, 11) is 0. The van der Waals surface area contributed by atoms with Gasteiger partial charge in [0.2, 0.25) is 0 Å². The predicted octanol–water partition coefficient (Wildman–Crippen LogP) is 35.3. The van der Waals surface area contributed by atoms with Crippen LogP contribution in [0.4, 0.5) is 0 Å². The number of aryl methyl sites for hydroxylation is 8. The summed E-state index contributed by atoms with van der Waals surface area (Å²) in [5, 5.41) is 32.7. The maximum absolute atomic E-state index is 2.42. The minimum absolute atomic E-state index is 0.0485. The quantitative estimate of drug-likeness (QED) is 0.146. The minimum Gasteiger partial charge on any atom is -0.0622 e. The molecule has 2 aliphatic carbocycles. The van der Waals surface area contributed by atoms with Gasteiger partial charge in [0.1, 0.15) is 0 Å². The number of fused-ring (bicyclic) bond motifs is 2. The molecule has 0 fully saturated rings. The van der Waals surface area contributed by atoms with E-state index in [2.05, 4.69) is 482 Å². The van der Waals surface area contributed by atoms with Gasteiger partial charge in [0.25, 0.3) is 0 Å². The lowest BCUT2D eigenvalue weighted by molar-refractivity contribution is 0.662. The molecule has 24 aromatic rings. The zero-order chi connectivity index (χ0) is 87.1. The number of benzene rings is 24. The Bertz CT molecular complexity index is 8100. The van der Waals surface area contributed by atoms with Crippen molar-refractivity contribution >= 4 is 129 Å². The summed E-state index contributed by atoms with van der Waals surface area (Å²) in [4.78, 5) is 0. The molecule has 0 N–H and O–H groups in total. The fourth-order valence-corrected chi connectivity index (χ4v) is 21.0. The van der Waals surface area contributed by atoms with Crippen LogP contribution < -0.4 is 0 Å². The number of hydrogen-bond acceptors (Lipinski definition) is 0. The first-order valence-corrected chi connectivity index (χ1v) is 45.1. The standard InChI is InChI=1S/C29H22.C25H22.C23H16.C17H12.2C17H14/c1-19-15-21-13-14-22-16-20(2)18-26-28(22)27(21)25(17-19)29(26,23-9-5-3-6-10-23)24-11-7-4-8-12-24;1-15-5-7-17(8-6-15)20-13-19-10-9-18-11-16(2)12-21-23(18)24(19)22(14-20)25(21,3)4;1-15-5-7-16(8-6-15)20-13-11-19-10-9-17-3-2-4-18-12-14-21(20)23(19)22(17)18;1-11-5-6-14-8-7-12-3-2-4-13-9-10-15(11)17(14)16(12)13;2*1-13-7-8-17-12-16(10-9-15(17)11-13)14-5-3-2-4-6-14/h3-18H,1-2H3;5-14H,1-4H3;2-14H,1H3;2-10H,1H3;2*2-12H,1H3. The van der Waals surface area contributed by atoms with Gasteiger partial charge in [-0.15, -0.1) is 0 Å². The Hall–Kier alpha value is -15.1. The van der Waals surface area contributed by atoms with E-state index in [0.29, 0.717) is 0 Å². The lowest BCUT2D eigenvalue weighted by atomic mass is 9.67. The average molecular weight is 1640 g/mol. The van der Waals surface area contributed by atoms with E-state index in [9.17, 15) is 0 Å². The summed E-state index contributed by atoms with van der Waals surface area (Å²) < 4.78 is 0. The average Bonchev–Trinajstić information content (AvgIpc) is 1.51. The van der Waals surface area contributed by atoms with Crippen LogP contribution in [0.1, 0.15) is 91.7 Å². The zero-order valence-corrected chi connectivity index (χ0v) is 74.4. The molecule has 0 unspecified atom stereocenters. The second kappa shape index (κ2) is 32.8. The van der Waals surface area contributed by atoms with Crippen molar-refractivity contribution in [3.05, 3.63) is 503 Å². The van der Waals surface area contributed by atoms with E-state index in [-0.39, 0.29) is 10.8 Å². The fraction of sp³-hybridized carbons (Fsp3) is 0.0938. The largest absolute Gasteiger partial charge is 0.0714 e. The highest BCUT2D eigenvalue weighted by molar-refractivity contribution is 6.26. The fourth-order valence-electron chi connectivity index (χ4n) is 21.0. The minimum atomic E-state index is -0.291. The summed E-state index contributed by atoms with van der Waals surface area (Å²) in [6.07, 6.45) is 0. The second-order valence-corrected chi connectivity index (χ2v) is 36.4. The van der Waals surface area contributed by atoms with Crippen LogP contribution in [-0.4, -0.2) is 0 Å². The molecule has 612 valence electrons. The van der Waals surface area contributed by atoms with Gasteiger partial charge >= 0.3 is 0 Å². The van der Waals surface area contributed by atoms with Gasteiger partial charge < -0.3 is 0 Å². The van der Waals surface area contributed by atoms with E-state index in [4.69, 9.17) is 0 Å². The molecule has 0 nitrogen and oxygen atoms in total. The van der Waals surface area contributed by atoms with Gasteiger partial charge in [-0.25, -0.2) is 0 Å². The SMILES string of the molecule is Cc1cc2c3c(ccc4cc(C)cc(c43)C2(c2ccccc2)c2ccccc2)c1.Cc1ccc(-c2cc3c4c(ccc5cc(C)cc(c54)C3(C)C)c2)cc1.Cc1ccc(-c2ccc3ccc4cccc5ccc2c3c45)cc1.Cc1ccc2cc(-c3ccccc3)ccc2c1.Cc1ccc2cc(-c3ccccc3)ccc2c1.Cc1ccc2ccc3cccc4ccc1c2c34. The molecule has 0 heterocycles. The Balaban J connectivity index is 0.0000000945. The van der Waals surface area contributed by atoms with Gasteiger partial charge in [0.15, 0.2) is 0 Å². The third-order valence-corrected chi connectivity index (χ3v) is 27.3. The maximum Gasteiger partial charge on any atom is 0.0714 e. The van der Waals surface area contributed by atoms with Crippen LogP contribution in [-0.2, 0) is 10.8 Å². The van der Waals surface area contributed by atoms with Crippen LogP contribution >= 0.6 is 0 Å². The van der Waals surface area contributed by atoms with Gasteiger partial charge in [-0.3, -0.25) is 0 Å². The van der Waals surface area contributed by atoms with Crippen LogP contribution in [0, 0.1) is 55.4 Å². The highest BCUT2D eigenvalue weighted by Crippen LogP contribution is 2.57. The van der Waals surface area contributed by atoms with Crippen molar-refractivity contribution in [3.63, 3.8) is 0 Å². The molecule has 24 aromatic carbocycles. The van der Waals surface area contributed by atoms with Crippen LogP contribution in [0.2, 0.25) is 0 Å². The predicted molar refractivity (Wildman–Crippen MR) is 555 cm³/mol. The maximum atomic E-state index is 2.42. The molecular weight excluding hydrogens is 1540 g/mol. The van der Waals surface area contributed by atoms with Crippen LogP contribution in [0.15, 0.2) is 425 Å². The van der Waals surface area contributed by atoms with E-state index >= 15 is 0 Å². The second-order valence-electron chi connectivity index (χ2n) is 36.4. The Labute approximate surface area is 751 Å². The molecule has 0 saturated carbocycles. The Morgan fingerprint density at radius 2 is 0.453 bits per heavy atom. The summed E-state index contributed by atoms with van der Waals surface area (Å²) in [6, 6.07) is 155. The van der Waals surface area contributed by atoms with Crippen molar-refractivity contribution in [3.8, 4) is 44.5 Å². The lowest BCUT2D eigenvalue weighted by Crippen LogP contribution is -2.29. The Morgan fingerprint density at radius 1 is 0.156 bits per heavy atom. The van der Waals surface area contributed by atoms with Gasteiger partial charge in [-0.2, -0.15) is 0 Å². The lowest BCUT2D eigenvalue weighted by Gasteiger charge is -2.34. The Kier molecular flexibility index (Phi) is 20.5. The van der Waals surface area contributed by atoms with Crippen LogP contribution in [0.25, 0.3) is 174 Å². The van der Waals surface area contributed by atoms with Crippen LogP contribution in [0.5, 0.6) is 0 Å². The van der Waals surface area contributed by atoms with Crippen molar-refractivity contribution in [2.45, 2.75) is 80.1 Å². The molecule has 0 amide bonds. The molecular formula is C128H100. The molecule has 0 radical (unpaired) electrons.